The van der Waals surface area contributed by atoms with Crippen LogP contribution in [-0.2, 0) is 0 Å². The van der Waals surface area contributed by atoms with Crippen molar-refractivity contribution in [3.8, 4) is 5.75 Å². The average Bonchev–Trinajstić information content (AvgIpc) is 2.40. The molecule has 1 rings (SSSR count). The summed E-state index contributed by atoms with van der Waals surface area (Å²) in [4.78, 5) is 0. The highest BCUT2D eigenvalue weighted by Crippen LogP contribution is 2.18. The van der Waals surface area contributed by atoms with Crippen molar-refractivity contribution < 1.29 is 13.5 Å². The molecule has 0 spiro atoms. The van der Waals surface area contributed by atoms with Gasteiger partial charge in [0.15, 0.2) is 11.6 Å². The first-order valence-electron chi connectivity index (χ1n) is 6.88. The number of hydrogen-bond donors (Lipinski definition) is 0. The van der Waals surface area contributed by atoms with Crippen LogP contribution in [0, 0.1) is 11.6 Å². The van der Waals surface area contributed by atoms with Gasteiger partial charge in [-0.2, -0.15) is 0 Å². The van der Waals surface area contributed by atoms with Crippen molar-refractivity contribution in [3.63, 3.8) is 0 Å². The summed E-state index contributed by atoms with van der Waals surface area (Å²) in [5.41, 5.74) is 0. The fourth-order valence-corrected chi connectivity index (χ4v) is 2.25. The Morgan fingerprint density at radius 2 is 1.53 bits per heavy atom. The van der Waals surface area contributed by atoms with Gasteiger partial charge < -0.3 is 4.74 Å². The topological polar surface area (TPSA) is 9.23 Å². The van der Waals surface area contributed by atoms with Crippen molar-refractivity contribution >= 4 is 15.9 Å². The summed E-state index contributed by atoms with van der Waals surface area (Å²) < 4.78 is 31.3. The SMILES string of the molecule is Fc1ccc(F)c(OCCCCCCCCCBr)c1. The number of hydrogen-bond acceptors (Lipinski definition) is 1. The molecule has 0 aliphatic heterocycles. The van der Waals surface area contributed by atoms with E-state index in [0.29, 0.717) is 6.61 Å². The largest absolute Gasteiger partial charge is 0.490 e. The molecule has 0 saturated heterocycles. The summed E-state index contributed by atoms with van der Waals surface area (Å²) in [5, 5.41) is 1.08. The molecule has 1 aromatic rings. The molecule has 4 heteroatoms. The van der Waals surface area contributed by atoms with Crippen molar-refractivity contribution in [1.29, 1.82) is 0 Å². The first kappa shape index (κ1) is 16.4. The van der Waals surface area contributed by atoms with E-state index in [9.17, 15) is 8.78 Å². The monoisotopic (exact) mass is 334 g/mol. The summed E-state index contributed by atoms with van der Waals surface area (Å²) in [6.07, 6.45) is 8.15. The van der Waals surface area contributed by atoms with Gasteiger partial charge in [0.25, 0.3) is 0 Å². The predicted octanol–water partition coefficient (Wildman–Crippen LogP) is 5.47. The Hall–Kier alpha value is -0.640. The summed E-state index contributed by atoms with van der Waals surface area (Å²) in [5.74, 6) is -0.961. The van der Waals surface area contributed by atoms with Crippen LogP contribution in [-0.4, -0.2) is 11.9 Å². The average molecular weight is 335 g/mol. The van der Waals surface area contributed by atoms with Crippen LogP contribution in [0.15, 0.2) is 18.2 Å². The standard InChI is InChI=1S/C15H21BrF2O/c16-10-6-4-2-1-3-5-7-11-19-15-12-13(17)8-9-14(15)18/h8-9,12H,1-7,10-11H2. The molecule has 0 heterocycles. The van der Waals surface area contributed by atoms with Crippen molar-refractivity contribution in [2.75, 3.05) is 11.9 Å². The Morgan fingerprint density at radius 1 is 0.895 bits per heavy atom. The third-order valence-electron chi connectivity index (χ3n) is 2.93. The van der Waals surface area contributed by atoms with Crippen LogP contribution in [0.1, 0.15) is 44.9 Å². The Labute approximate surface area is 122 Å². The molecule has 0 N–H and O–H groups in total. The first-order chi connectivity index (χ1) is 9.24. The van der Waals surface area contributed by atoms with E-state index in [1.807, 2.05) is 0 Å². The van der Waals surface area contributed by atoms with Crippen LogP contribution in [0.25, 0.3) is 0 Å². The highest BCUT2D eigenvalue weighted by Gasteiger charge is 2.04. The van der Waals surface area contributed by atoms with Gasteiger partial charge in [0, 0.05) is 11.4 Å². The minimum Gasteiger partial charge on any atom is -0.490 e. The molecular weight excluding hydrogens is 314 g/mol. The van der Waals surface area contributed by atoms with Crippen molar-refractivity contribution in [2.24, 2.45) is 0 Å². The Bertz CT molecular complexity index is 358. The van der Waals surface area contributed by atoms with Gasteiger partial charge in [-0.05, 0) is 25.0 Å². The van der Waals surface area contributed by atoms with Crippen molar-refractivity contribution in [1.82, 2.24) is 0 Å². The van der Waals surface area contributed by atoms with E-state index < -0.39 is 11.6 Å². The smallest absolute Gasteiger partial charge is 0.165 e. The van der Waals surface area contributed by atoms with Crippen LogP contribution >= 0.6 is 15.9 Å². The number of rotatable bonds is 10. The second-order valence-electron chi connectivity index (χ2n) is 4.59. The highest BCUT2D eigenvalue weighted by atomic mass is 79.9. The molecule has 1 nitrogen and oxygen atoms in total. The minimum absolute atomic E-state index is 0.0114. The van der Waals surface area contributed by atoms with Crippen molar-refractivity contribution in [2.45, 2.75) is 44.9 Å². The molecule has 0 aliphatic rings. The van der Waals surface area contributed by atoms with E-state index >= 15 is 0 Å². The summed E-state index contributed by atoms with van der Waals surface area (Å²) in [6.45, 7) is 0.446. The van der Waals surface area contributed by atoms with Gasteiger partial charge in [0.2, 0.25) is 0 Å². The number of halogens is 3. The number of benzene rings is 1. The van der Waals surface area contributed by atoms with Crippen LogP contribution < -0.4 is 4.74 Å². The molecule has 0 bridgehead atoms. The van der Waals surface area contributed by atoms with E-state index in [-0.39, 0.29) is 5.75 Å². The lowest BCUT2D eigenvalue weighted by atomic mass is 10.1. The Kier molecular flexibility index (Phi) is 8.80. The molecule has 0 unspecified atom stereocenters. The number of ether oxygens (including phenoxy) is 1. The normalized spacial score (nSPS) is 10.7. The molecule has 0 aromatic heterocycles. The van der Waals surface area contributed by atoms with Crippen LogP contribution in [0.3, 0.4) is 0 Å². The lowest BCUT2D eigenvalue weighted by molar-refractivity contribution is 0.288. The van der Waals surface area contributed by atoms with Gasteiger partial charge in [-0.15, -0.1) is 0 Å². The van der Waals surface area contributed by atoms with E-state index in [1.54, 1.807) is 0 Å². The van der Waals surface area contributed by atoms with Crippen molar-refractivity contribution in [3.05, 3.63) is 29.8 Å². The lowest BCUT2D eigenvalue weighted by Crippen LogP contribution is -1.99. The van der Waals surface area contributed by atoms with E-state index in [0.717, 1.165) is 36.4 Å². The summed E-state index contributed by atoms with van der Waals surface area (Å²) >= 11 is 3.41. The maximum absolute atomic E-state index is 13.2. The zero-order valence-electron chi connectivity index (χ0n) is 11.1. The summed E-state index contributed by atoms with van der Waals surface area (Å²) in [7, 11) is 0. The highest BCUT2D eigenvalue weighted by molar-refractivity contribution is 9.09. The third kappa shape index (κ3) is 7.51. The van der Waals surface area contributed by atoms with Gasteiger partial charge in [0.1, 0.15) is 5.82 Å². The molecule has 0 saturated carbocycles. The zero-order valence-corrected chi connectivity index (χ0v) is 12.7. The van der Waals surface area contributed by atoms with E-state index in [2.05, 4.69) is 15.9 Å². The molecule has 0 radical (unpaired) electrons. The van der Waals surface area contributed by atoms with E-state index in [4.69, 9.17) is 4.74 Å². The Balaban J connectivity index is 2.03. The maximum atomic E-state index is 13.2. The second-order valence-corrected chi connectivity index (χ2v) is 5.38. The van der Waals surface area contributed by atoms with Gasteiger partial charge >= 0.3 is 0 Å². The van der Waals surface area contributed by atoms with Gasteiger partial charge in [0.05, 0.1) is 6.61 Å². The molecular formula is C15H21BrF2O. The Morgan fingerprint density at radius 3 is 2.21 bits per heavy atom. The molecule has 0 amide bonds. The summed E-state index contributed by atoms with van der Waals surface area (Å²) in [6, 6.07) is 3.28. The lowest BCUT2D eigenvalue weighted by Gasteiger charge is -2.07. The fraction of sp³-hybridized carbons (Fsp3) is 0.600. The molecule has 108 valence electrons. The van der Waals surface area contributed by atoms with Crippen LogP contribution in [0.2, 0.25) is 0 Å². The van der Waals surface area contributed by atoms with Gasteiger partial charge in [-0.1, -0.05) is 48.0 Å². The predicted molar refractivity (Wildman–Crippen MR) is 78.0 cm³/mol. The number of unbranched alkanes of at least 4 members (excludes halogenated alkanes) is 6. The van der Waals surface area contributed by atoms with E-state index in [1.165, 1.54) is 32.1 Å². The zero-order chi connectivity index (χ0) is 13.9. The fourth-order valence-electron chi connectivity index (χ4n) is 1.85. The maximum Gasteiger partial charge on any atom is 0.165 e. The van der Waals surface area contributed by atoms with Gasteiger partial charge in [-0.25, -0.2) is 8.78 Å². The minimum atomic E-state index is -0.504. The second kappa shape index (κ2) is 10.2. The molecule has 0 atom stereocenters. The van der Waals surface area contributed by atoms with Crippen LogP contribution in [0.5, 0.6) is 5.75 Å². The molecule has 0 fully saturated rings. The third-order valence-corrected chi connectivity index (χ3v) is 3.49. The molecule has 1 aromatic carbocycles. The quantitative estimate of drug-likeness (QED) is 0.407. The first-order valence-corrected chi connectivity index (χ1v) is 8.00. The number of alkyl halides is 1. The molecule has 0 aliphatic carbocycles. The van der Waals surface area contributed by atoms with Gasteiger partial charge in [-0.3, -0.25) is 0 Å². The molecule has 19 heavy (non-hydrogen) atoms. The van der Waals surface area contributed by atoms with Crippen LogP contribution in [0.4, 0.5) is 8.78 Å².